The van der Waals surface area contributed by atoms with Crippen LogP contribution in [-0.4, -0.2) is 23.1 Å². The van der Waals surface area contributed by atoms with Crippen LogP contribution in [0.5, 0.6) is 0 Å². The second kappa shape index (κ2) is 2.39. The third-order valence-electron chi connectivity index (χ3n) is 0.317. The summed E-state index contributed by atoms with van der Waals surface area (Å²) in [5.41, 5.74) is 0. The second-order valence-corrected chi connectivity index (χ2v) is 1.75. The Morgan fingerprint density at radius 3 is 1.83 bits per heavy atom. The van der Waals surface area contributed by atoms with Crippen molar-refractivity contribution in [1.29, 1.82) is 0 Å². The summed E-state index contributed by atoms with van der Waals surface area (Å²) in [7, 11) is 3.35. The van der Waals surface area contributed by atoms with E-state index in [0.717, 1.165) is 0 Å². The van der Waals surface area contributed by atoms with Crippen molar-refractivity contribution in [1.82, 2.24) is 4.90 Å². The fraction of sp³-hybridized carbons (Fsp3) is 0.667. The number of hydrogen-bond donors (Lipinski definition) is 0. The van der Waals surface area contributed by atoms with Gasteiger partial charge in [-0.05, 0) is 0 Å². The molecule has 0 bridgehead atoms. The molecule has 0 aromatic rings. The summed E-state index contributed by atoms with van der Waals surface area (Å²) >= 11 is 2.74. The van der Waals surface area contributed by atoms with E-state index in [4.69, 9.17) is 0 Å². The van der Waals surface area contributed by atoms with E-state index in [1.165, 1.54) is 4.90 Å². The summed E-state index contributed by atoms with van der Waals surface area (Å²) in [6.07, 6.45) is 0. The molecule has 0 aromatic heterocycles. The van der Waals surface area contributed by atoms with E-state index in [0.29, 0.717) is 0 Å². The van der Waals surface area contributed by atoms with Crippen molar-refractivity contribution in [3.8, 4) is 0 Å². The Morgan fingerprint density at radius 1 is 1.67 bits per heavy atom. The van der Waals surface area contributed by atoms with Gasteiger partial charge in [-0.1, -0.05) is 0 Å². The molecule has 0 heterocycles. The molecule has 0 aliphatic carbocycles. The van der Waals surface area contributed by atoms with Crippen LogP contribution in [0.4, 0.5) is 4.79 Å². The zero-order chi connectivity index (χ0) is 5.15. The maximum atomic E-state index is 9.98. The average Bonchev–Trinajstić information content (AvgIpc) is 1.36. The van der Waals surface area contributed by atoms with Crippen LogP contribution in [0.25, 0.3) is 0 Å². The number of amides is 1. The van der Waals surface area contributed by atoms with E-state index >= 15 is 0 Å². The van der Waals surface area contributed by atoms with Gasteiger partial charge < -0.3 is 0 Å². The normalized spacial score (nSPS) is 8.00. The van der Waals surface area contributed by atoms with E-state index in [-0.39, 0.29) is 4.13 Å². The zero-order valence-electron chi connectivity index (χ0n) is 3.66. The third-order valence-corrected chi connectivity index (χ3v) is 0.980. The van der Waals surface area contributed by atoms with Crippen LogP contribution >= 0.6 is 0 Å². The predicted octanol–water partition coefficient (Wildman–Crippen LogP) is 0.215. The molecule has 40 valence electrons. The van der Waals surface area contributed by atoms with Gasteiger partial charge in [-0.2, -0.15) is 0 Å². The zero-order valence-corrected chi connectivity index (χ0v) is 5.14. The molecule has 0 unspecified atom stereocenters. The minimum absolute atomic E-state index is 0.0974. The molecule has 0 saturated heterocycles. The average molecular weight is 180 g/mol. The summed E-state index contributed by atoms with van der Waals surface area (Å²) in [5, 5.41) is 0. The summed E-state index contributed by atoms with van der Waals surface area (Å²) in [5.74, 6) is 0. The van der Waals surface area contributed by atoms with Crippen LogP contribution < -0.4 is 0 Å². The van der Waals surface area contributed by atoms with Crippen LogP contribution in [0.2, 0.25) is 0 Å². The van der Waals surface area contributed by atoms with Gasteiger partial charge in [-0.25, -0.2) is 0 Å². The van der Waals surface area contributed by atoms with Crippen molar-refractivity contribution in [3.63, 3.8) is 0 Å². The standard InChI is InChI=1S/C3H6NO.Ag/c1-4(2)3-5;/h1-2H3;. The second-order valence-electron chi connectivity index (χ2n) is 1.11. The van der Waals surface area contributed by atoms with Gasteiger partial charge in [0.25, 0.3) is 0 Å². The number of carbonyl (C=O) groups is 1. The van der Waals surface area contributed by atoms with E-state index < -0.39 is 0 Å². The van der Waals surface area contributed by atoms with Crippen molar-refractivity contribution in [3.05, 3.63) is 0 Å². The molecular weight excluding hydrogens is 174 g/mol. The molecule has 6 heavy (non-hydrogen) atoms. The SMILES string of the molecule is CN(C)[C](=O)[Ag]. The third kappa shape index (κ3) is 2.45. The van der Waals surface area contributed by atoms with E-state index in [1.54, 1.807) is 14.1 Å². The van der Waals surface area contributed by atoms with Gasteiger partial charge in [-0.3, -0.25) is 0 Å². The van der Waals surface area contributed by atoms with Gasteiger partial charge in [0.2, 0.25) is 0 Å². The minimum atomic E-state index is -0.0974. The Labute approximate surface area is 49.4 Å². The number of rotatable bonds is 0. The predicted molar refractivity (Wildman–Crippen MR) is 19.1 cm³/mol. The number of carbonyl (C=O) groups excluding carboxylic acids is 1. The van der Waals surface area contributed by atoms with Gasteiger partial charge in [0.1, 0.15) is 0 Å². The van der Waals surface area contributed by atoms with E-state index in [2.05, 4.69) is 21.1 Å². The Morgan fingerprint density at radius 2 is 1.83 bits per heavy atom. The number of hydrogen-bond acceptors (Lipinski definition) is 1. The molecule has 0 N–H and O–H groups in total. The molecule has 0 aromatic carbocycles. The molecule has 3 heteroatoms. The van der Waals surface area contributed by atoms with Crippen LogP contribution in [-0.2, 0) is 21.1 Å². The first-order chi connectivity index (χ1) is 2.64. The van der Waals surface area contributed by atoms with Crippen LogP contribution in [0.3, 0.4) is 0 Å². The molecule has 2 nitrogen and oxygen atoms in total. The first kappa shape index (κ1) is 6.21. The van der Waals surface area contributed by atoms with Crippen molar-refractivity contribution in [2.24, 2.45) is 0 Å². The summed E-state index contributed by atoms with van der Waals surface area (Å²) in [6.45, 7) is 0. The van der Waals surface area contributed by atoms with Gasteiger partial charge in [0, 0.05) is 0 Å². The van der Waals surface area contributed by atoms with Gasteiger partial charge in [0.05, 0.1) is 0 Å². The van der Waals surface area contributed by atoms with Gasteiger partial charge >= 0.3 is 49.0 Å². The van der Waals surface area contributed by atoms with Crippen molar-refractivity contribution in [2.75, 3.05) is 14.1 Å². The monoisotopic (exact) mass is 179 g/mol. The van der Waals surface area contributed by atoms with Crippen molar-refractivity contribution in [2.45, 2.75) is 0 Å². The quantitative estimate of drug-likeness (QED) is 0.488. The van der Waals surface area contributed by atoms with Gasteiger partial charge in [0.15, 0.2) is 0 Å². The Balaban J connectivity index is 3.26. The molecule has 0 aliphatic rings. The van der Waals surface area contributed by atoms with Gasteiger partial charge in [-0.15, -0.1) is 0 Å². The molecule has 0 rings (SSSR count). The Bertz CT molecular complexity index is 61.8. The van der Waals surface area contributed by atoms with Crippen molar-refractivity contribution >= 4 is 4.13 Å². The fourth-order valence-corrected chi connectivity index (χ4v) is 0. The van der Waals surface area contributed by atoms with E-state index in [9.17, 15) is 4.79 Å². The first-order valence-corrected chi connectivity index (χ1v) is 2.21. The molecule has 0 radical (unpaired) electrons. The maximum absolute atomic E-state index is 9.98. The van der Waals surface area contributed by atoms with E-state index in [1.807, 2.05) is 0 Å². The number of nitrogens with zero attached hydrogens (tertiary/aromatic N) is 1. The molecule has 0 fully saturated rings. The Kier molecular flexibility index (Phi) is 2.48. The van der Waals surface area contributed by atoms with Crippen molar-refractivity contribution < 1.29 is 25.9 Å². The summed E-state index contributed by atoms with van der Waals surface area (Å²) in [6, 6.07) is 0. The summed E-state index contributed by atoms with van der Waals surface area (Å²) < 4.78 is -0.0974. The first-order valence-electron chi connectivity index (χ1n) is 1.47. The molecule has 0 atom stereocenters. The molecule has 0 spiro atoms. The fourth-order valence-electron chi connectivity index (χ4n) is 0. The van der Waals surface area contributed by atoms with Crippen LogP contribution in [0.15, 0.2) is 0 Å². The topological polar surface area (TPSA) is 20.3 Å². The molecule has 0 aliphatic heterocycles. The van der Waals surface area contributed by atoms with Crippen LogP contribution in [0, 0.1) is 0 Å². The molecular formula is C3H6AgNO. The molecule has 1 amide bonds. The molecule has 0 saturated carbocycles. The van der Waals surface area contributed by atoms with Crippen LogP contribution in [0.1, 0.15) is 0 Å². The summed E-state index contributed by atoms with van der Waals surface area (Å²) in [4.78, 5) is 11.4. The Hall–Kier alpha value is 0.210.